The van der Waals surface area contributed by atoms with Crippen molar-refractivity contribution in [3.8, 4) is 0 Å². The highest BCUT2D eigenvalue weighted by Crippen LogP contribution is 2.17. The van der Waals surface area contributed by atoms with Gasteiger partial charge in [-0.25, -0.2) is 4.98 Å². The van der Waals surface area contributed by atoms with E-state index in [1.807, 2.05) is 0 Å². The minimum atomic E-state index is 0.609. The summed E-state index contributed by atoms with van der Waals surface area (Å²) in [5.74, 6) is 1.01. The van der Waals surface area contributed by atoms with Crippen LogP contribution in [0.1, 0.15) is 31.7 Å². The van der Waals surface area contributed by atoms with Crippen LogP contribution in [-0.4, -0.2) is 4.98 Å². The van der Waals surface area contributed by atoms with Crippen molar-refractivity contribution in [1.82, 2.24) is 4.98 Å². The molecule has 0 aliphatic heterocycles. The Morgan fingerprint density at radius 2 is 2.18 bits per heavy atom. The van der Waals surface area contributed by atoms with Gasteiger partial charge in [0, 0.05) is 22.4 Å². The Morgan fingerprint density at radius 1 is 1.45 bits per heavy atom. The van der Waals surface area contributed by atoms with E-state index < -0.39 is 0 Å². The summed E-state index contributed by atoms with van der Waals surface area (Å²) in [7, 11) is 0. The third kappa shape index (κ3) is 2.06. The van der Waals surface area contributed by atoms with Crippen molar-refractivity contribution in [1.29, 1.82) is 0 Å². The first-order chi connectivity index (χ1) is 5.27. The molecule has 1 aromatic heterocycles. The average molecular weight is 218 g/mol. The third-order valence-electron chi connectivity index (χ3n) is 1.56. The molecule has 11 heavy (non-hydrogen) atoms. The van der Waals surface area contributed by atoms with E-state index in [1.165, 1.54) is 0 Å². The molecule has 1 rings (SSSR count). The maximum Gasteiger partial charge on any atom is 0.264 e. The first-order valence-corrected chi connectivity index (χ1v) is 4.71. The number of hydrogen-bond acceptors (Lipinski definition) is 2. The number of aromatic nitrogens is 1. The lowest BCUT2D eigenvalue weighted by Crippen LogP contribution is -1.88. The number of aryl methyl sites for hydroxylation is 2. The molecule has 0 bridgehead atoms. The molecule has 0 saturated heterocycles. The van der Waals surface area contributed by atoms with E-state index in [2.05, 4.69) is 34.8 Å². The van der Waals surface area contributed by atoms with Crippen LogP contribution in [0.5, 0.6) is 0 Å². The van der Waals surface area contributed by atoms with E-state index in [0.29, 0.717) is 4.80 Å². The molecular formula is C8H12BrNO. The standard InChI is InChI=1S/C8H12BrNO/c1-3-5-6-7(4-2)11-8(9)10-6/h3-5H2,1-2H3. The first-order valence-electron chi connectivity index (χ1n) is 3.92. The lowest BCUT2D eigenvalue weighted by atomic mass is 10.2. The summed E-state index contributed by atoms with van der Waals surface area (Å²) in [6.45, 7) is 4.22. The Labute approximate surface area is 75.1 Å². The molecule has 0 spiro atoms. The number of halogens is 1. The normalized spacial score (nSPS) is 10.5. The monoisotopic (exact) mass is 217 g/mol. The van der Waals surface area contributed by atoms with Gasteiger partial charge < -0.3 is 4.42 Å². The van der Waals surface area contributed by atoms with E-state index in [-0.39, 0.29) is 0 Å². The summed E-state index contributed by atoms with van der Waals surface area (Å²) in [5, 5.41) is 0. The Bertz CT molecular complexity index is 232. The molecule has 0 amide bonds. The molecule has 0 aromatic carbocycles. The minimum absolute atomic E-state index is 0.609. The third-order valence-corrected chi connectivity index (χ3v) is 1.90. The van der Waals surface area contributed by atoms with E-state index in [9.17, 15) is 0 Å². The van der Waals surface area contributed by atoms with Crippen molar-refractivity contribution >= 4 is 15.9 Å². The van der Waals surface area contributed by atoms with Crippen molar-refractivity contribution in [3.63, 3.8) is 0 Å². The Morgan fingerprint density at radius 3 is 2.73 bits per heavy atom. The molecule has 2 nitrogen and oxygen atoms in total. The van der Waals surface area contributed by atoms with E-state index in [1.54, 1.807) is 0 Å². The van der Waals surface area contributed by atoms with Crippen LogP contribution in [0, 0.1) is 0 Å². The summed E-state index contributed by atoms with van der Waals surface area (Å²) in [4.78, 5) is 4.83. The maximum absolute atomic E-state index is 5.32. The van der Waals surface area contributed by atoms with Crippen LogP contribution in [0.2, 0.25) is 0 Å². The topological polar surface area (TPSA) is 26.0 Å². The smallest absolute Gasteiger partial charge is 0.264 e. The number of hydrogen-bond donors (Lipinski definition) is 0. The second-order valence-electron chi connectivity index (χ2n) is 2.44. The van der Waals surface area contributed by atoms with E-state index in [0.717, 1.165) is 30.7 Å². The fraction of sp³-hybridized carbons (Fsp3) is 0.625. The summed E-state index contributed by atoms with van der Waals surface area (Å²) in [6, 6.07) is 0. The molecule has 1 heterocycles. The number of oxazole rings is 1. The van der Waals surface area contributed by atoms with Crippen molar-refractivity contribution in [2.24, 2.45) is 0 Å². The van der Waals surface area contributed by atoms with Crippen LogP contribution in [-0.2, 0) is 12.8 Å². The van der Waals surface area contributed by atoms with E-state index in [4.69, 9.17) is 4.42 Å². The quantitative estimate of drug-likeness (QED) is 0.779. The fourth-order valence-electron chi connectivity index (χ4n) is 1.06. The first kappa shape index (κ1) is 8.78. The van der Waals surface area contributed by atoms with Crippen LogP contribution in [0.15, 0.2) is 9.22 Å². The Hall–Kier alpha value is -0.310. The largest absolute Gasteiger partial charge is 0.436 e. The number of nitrogens with zero attached hydrogens (tertiary/aromatic N) is 1. The molecule has 0 radical (unpaired) electrons. The predicted molar refractivity (Wildman–Crippen MR) is 47.6 cm³/mol. The highest BCUT2D eigenvalue weighted by molar-refractivity contribution is 9.10. The van der Waals surface area contributed by atoms with Gasteiger partial charge in [0.25, 0.3) is 4.80 Å². The van der Waals surface area contributed by atoms with Gasteiger partial charge in [0.05, 0.1) is 5.69 Å². The minimum Gasteiger partial charge on any atom is -0.436 e. The van der Waals surface area contributed by atoms with Gasteiger partial charge in [0.2, 0.25) is 0 Å². The van der Waals surface area contributed by atoms with Gasteiger partial charge in [-0.3, -0.25) is 0 Å². The highest BCUT2D eigenvalue weighted by Gasteiger charge is 2.07. The van der Waals surface area contributed by atoms with Crippen LogP contribution in [0.3, 0.4) is 0 Å². The zero-order chi connectivity index (χ0) is 8.27. The molecule has 0 aliphatic rings. The molecule has 0 atom stereocenters. The van der Waals surface area contributed by atoms with Crippen LogP contribution < -0.4 is 0 Å². The summed E-state index contributed by atoms with van der Waals surface area (Å²) in [5.41, 5.74) is 1.10. The van der Waals surface area contributed by atoms with Crippen molar-refractivity contribution in [2.75, 3.05) is 0 Å². The molecular weight excluding hydrogens is 206 g/mol. The average Bonchev–Trinajstić information content (AvgIpc) is 2.32. The molecule has 0 saturated carbocycles. The summed E-state index contributed by atoms with van der Waals surface area (Å²) < 4.78 is 5.32. The molecule has 0 unspecified atom stereocenters. The lowest BCUT2D eigenvalue weighted by molar-refractivity contribution is 0.483. The van der Waals surface area contributed by atoms with E-state index >= 15 is 0 Å². The van der Waals surface area contributed by atoms with Crippen LogP contribution in [0.4, 0.5) is 0 Å². The van der Waals surface area contributed by atoms with Gasteiger partial charge in [-0.05, 0) is 6.42 Å². The molecule has 0 N–H and O–H groups in total. The summed E-state index contributed by atoms with van der Waals surface area (Å²) >= 11 is 3.22. The zero-order valence-electron chi connectivity index (χ0n) is 6.85. The fourth-order valence-corrected chi connectivity index (χ4v) is 1.47. The van der Waals surface area contributed by atoms with Crippen LogP contribution in [0.25, 0.3) is 0 Å². The second kappa shape index (κ2) is 3.90. The van der Waals surface area contributed by atoms with Gasteiger partial charge >= 0.3 is 0 Å². The van der Waals surface area contributed by atoms with Gasteiger partial charge in [0.15, 0.2) is 0 Å². The van der Waals surface area contributed by atoms with Gasteiger partial charge in [0.1, 0.15) is 5.76 Å². The van der Waals surface area contributed by atoms with Crippen LogP contribution >= 0.6 is 15.9 Å². The van der Waals surface area contributed by atoms with Crippen molar-refractivity contribution < 1.29 is 4.42 Å². The zero-order valence-corrected chi connectivity index (χ0v) is 8.44. The summed E-state index contributed by atoms with van der Waals surface area (Å²) in [6.07, 6.45) is 3.05. The second-order valence-corrected chi connectivity index (χ2v) is 3.12. The molecule has 0 aliphatic carbocycles. The predicted octanol–water partition coefficient (Wildman–Crippen LogP) is 2.95. The molecule has 62 valence electrons. The Kier molecular flexibility index (Phi) is 3.12. The Balaban J connectivity index is 2.83. The molecule has 1 aromatic rings. The van der Waals surface area contributed by atoms with Gasteiger partial charge in [-0.1, -0.05) is 20.3 Å². The van der Waals surface area contributed by atoms with Gasteiger partial charge in [-0.15, -0.1) is 0 Å². The molecule has 0 fully saturated rings. The molecule has 3 heteroatoms. The SMILES string of the molecule is CCCc1nc(Br)oc1CC. The lowest BCUT2D eigenvalue weighted by Gasteiger charge is -1.92. The number of rotatable bonds is 3. The van der Waals surface area contributed by atoms with Gasteiger partial charge in [-0.2, -0.15) is 0 Å². The maximum atomic E-state index is 5.32. The van der Waals surface area contributed by atoms with Crippen molar-refractivity contribution in [2.45, 2.75) is 33.1 Å². The van der Waals surface area contributed by atoms with Crippen molar-refractivity contribution in [3.05, 3.63) is 16.3 Å². The highest BCUT2D eigenvalue weighted by atomic mass is 79.9.